The van der Waals surface area contributed by atoms with Gasteiger partial charge in [0.15, 0.2) is 11.8 Å². The molecule has 1 aliphatic rings. The monoisotopic (exact) mass is 382 g/mol. The van der Waals surface area contributed by atoms with Crippen molar-refractivity contribution in [3.63, 3.8) is 0 Å². The smallest absolute Gasteiger partial charge is 0.191 e. The molecule has 2 heterocycles. The predicted octanol–water partition coefficient (Wildman–Crippen LogP) is 3.21. The summed E-state index contributed by atoms with van der Waals surface area (Å²) in [6, 6.07) is 8.94. The number of nitrogens with one attached hydrogen (secondary N) is 2. The van der Waals surface area contributed by atoms with Gasteiger partial charge in [0.05, 0.1) is 0 Å². The van der Waals surface area contributed by atoms with Crippen LogP contribution in [-0.4, -0.2) is 33.8 Å². The summed E-state index contributed by atoms with van der Waals surface area (Å²) >= 11 is 0. The number of aryl methyl sites for hydroxylation is 2. The summed E-state index contributed by atoms with van der Waals surface area (Å²) in [6.45, 7) is 12.0. The Kier molecular flexibility index (Phi) is 6.70. The molecule has 6 nitrogen and oxygen atoms in total. The van der Waals surface area contributed by atoms with Gasteiger partial charge in [0.1, 0.15) is 12.4 Å². The minimum Gasteiger partial charge on any atom is -0.357 e. The van der Waals surface area contributed by atoms with Crippen LogP contribution in [0, 0.1) is 0 Å². The maximum Gasteiger partial charge on any atom is 0.191 e. The standard InChI is InChI=1S/C22H34N6/c1-5-17-10-12-18(13-11-17)22(3,4)16-25-21(23-6-2)24-15-20-27-26-19-9-7-8-14-28(19)20/h10-13H,5-9,14-16H2,1-4H3,(H2,23,24,25). The SMILES string of the molecule is CCNC(=NCc1nnc2n1CCCC2)NCC(C)(C)c1ccc(CC)cc1. The average Bonchev–Trinajstić information content (AvgIpc) is 3.13. The second kappa shape index (κ2) is 9.22. The Bertz CT molecular complexity index is 788. The van der Waals surface area contributed by atoms with Gasteiger partial charge >= 0.3 is 0 Å². The second-order valence-electron chi connectivity index (χ2n) is 8.12. The lowest BCUT2D eigenvalue weighted by Gasteiger charge is -2.27. The fraction of sp³-hybridized carbons (Fsp3) is 0.591. The number of aromatic nitrogens is 3. The number of nitrogens with zero attached hydrogens (tertiary/aromatic N) is 4. The molecule has 3 rings (SSSR count). The first-order valence-electron chi connectivity index (χ1n) is 10.6. The lowest BCUT2D eigenvalue weighted by atomic mass is 9.84. The summed E-state index contributed by atoms with van der Waals surface area (Å²) in [5, 5.41) is 15.5. The van der Waals surface area contributed by atoms with Gasteiger partial charge in [-0.05, 0) is 37.3 Å². The molecule has 0 spiro atoms. The molecular formula is C22H34N6. The molecule has 1 aliphatic heterocycles. The molecule has 0 saturated carbocycles. The maximum atomic E-state index is 4.76. The number of hydrogen-bond donors (Lipinski definition) is 2. The first-order chi connectivity index (χ1) is 13.5. The lowest BCUT2D eigenvalue weighted by Crippen LogP contribution is -2.43. The summed E-state index contributed by atoms with van der Waals surface area (Å²) in [6.07, 6.45) is 4.51. The maximum absolute atomic E-state index is 4.76. The van der Waals surface area contributed by atoms with E-state index in [1.54, 1.807) is 0 Å². The number of benzene rings is 1. The Morgan fingerprint density at radius 2 is 1.89 bits per heavy atom. The summed E-state index contributed by atoms with van der Waals surface area (Å²) in [7, 11) is 0. The van der Waals surface area contributed by atoms with Crippen molar-refractivity contribution in [2.24, 2.45) is 4.99 Å². The quantitative estimate of drug-likeness (QED) is 0.570. The van der Waals surface area contributed by atoms with Crippen LogP contribution < -0.4 is 10.6 Å². The van der Waals surface area contributed by atoms with Crippen molar-refractivity contribution in [1.82, 2.24) is 25.4 Å². The van der Waals surface area contributed by atoms with E-state index >= 15 is 0 Å². The fourth-order valence-corrected chi connectivity index (χ4v) is 3.58. The van der Waals surface area contributed by atoms with Crippen LogP contribution in [0.15, 0.2) is 29.3 Å². The average molecular weight is 383 g/mol. The molecule has 0 unspecified atom stereocenters. The molecule has 0 atom stereocenters. The lowest BCUT2D eigenvalue weighted by molar-refractivity contribution is 0.504. The van der Waals surface area contributed by atoms with Gasteiger partial charge in [-0.2, -0.15) is 0 Å². The topological polar surface area (TPSA) is 67.1 Å². The zero-order chi connectivity index (χ0) is 20.0. The van der Waals surface area contributed by atoms with Crippen molar-refractivity contribution in [2.75, 3.05) is 13.1 Å². The molecule has 2 aromatic rings. The molecule has 1 aromatic heterocycles. The van der Waals surface area contributed by atoms with E-state index < -0.39 is 0 Å². The third kappa shape index (κ3) is 4.91. The van der Waals surface area contributed by atoms with Gasteiger partial charge in [-0.25, -0.2) is 4.99 Å². The summed E-state index contributed by atoms with van der Waals surface area (Å²) in [5.41, 5.74) is 2.72. The van der Waals surface area contributed by atoms with E-state index in [0.29, 0.717) is 6.54 Å². The minimum atomic E-state index is 0.0104. The Morgan fingerprint density at radius 1 is 1.11 bits per heavy atom. The zero-order valence-electron chi connectivity index (χ0n) is 17.8. The molecule has 152 valence electrons. The number of fused-ring (bicyclic) bond motifs is 1. The van der Waals surface area contributed by atoms with E-state index in [2.05, 4.69) is 77.4 Å². The van der Waals surface area contributed by atoms with Crippen LogP contribution in [0.3, 0.4) is 0 Å². The van der Waals surface area contributed by atoms with Crippen molar-refractivity contribution < 1.29 is 0 Å². The highest BCUT2D eigenvalue weighted by Crippen LogP contribution is 2.23. The van der Waals surface area contributed by atoms with Crippen molar-refractivity contribution in [2.45, 2.75) is 71.9 Å². The number of guanidine groups is 1. The number of aliphatic imine (C=N–C) groups is 1. The van der Waals surface area contributed by atoms with Gasteiger partial charge in [-0.3, -0.25) is 0 Å². The minimum absolute atomic E-state index is 0.0104. The Morgan fingerprint density at radius 3 is 2.61 bits per heavy atom. The molecule has 0 bridgehead atoms. The van der Waals surface area contributed by atoms with Crippen LogP contribution in [0.4, 0.5) is 0 Å². The Balaban J connectivity index is 1.64. The van der Waals surface area contributed by atoms with E-state index in [9.17, 15) is 0 Å². The Labute approximate surface area is 168 Å². The highest BCUT2D eigenvalue weighted by atomic mass is 15.3. The van der Waals surface area contributed by atoms with E-state index in [1.165, 1.54) is 24.0 Å². The highest BCUT2D eigenvalue weighted by molar-refractivity contribution is 5.79. The van der Waals surface area contributed by atoms with Crippen LogP contribution in [0.5, 0.6) is 0 Å². The van der Waals surface area contributed by atoms with Crippen LogP contribution in [0.1, 0.15) is 63.3 Å². The molecule has 2 N–H and O–H groups in total. The van der Waals surface area contributed by atoms with E-state index in [4.69, 9.17) is 4.99 Å². The molecular weight excluding hydrogens is 348 g/mol. The molecule has 1 aromatic carbocycles. The van der Waals surface area contributed by atoms with Crippen molar-refractivity contribution in [3.8, 4) is 0 Å². The first-order valence-corrected chi connectivity index (χ1v) is 10.6. The zero-order valence-corrected chi connectivity index (χ0v) is 17.8. The molecule has 0 saturated heterocycles. The normalized spacial score (nSPS) is 14.6. The number of rotatable bonds is 7. The van der Waals surface area contributed by atoms with E-state index in [0.717, 1.165) is 50.1 Å². The van der Waals surface area contributed by atoms with Crippen molar-refractivity contribution >= 4 is 5.96 Å². The van der Waals surface area contributed by atoms with Gasteiger partial charge in [-0.1, -0.05) is 45.0 Å². The molecule has 0 amide bonds. The second-order valence-corrected chi connectivity index (χ2v) is 8.12. The van der Waals surface area contributed by atoms with Crippen molar-refractivity contribution in [1.29, 1.82) is 0 Å². The third-order valence-electron chi connectivity index (χ3n) is 5.50. The van der Waals surface area contributed by atoms with Gasteiger partial charge in [-0.15, -0.1) is 10.2 Å². The highest BCUT2D eigenvalue weighted by Gasteiger charge is 2.21. The number of hydrogen-bond acceptors (Lipinski definition) is 3. The van der Waals surface area contributed by atoms with E-state index in [-0.39, 0.29) is 5.41 Å². The molecule has 0 radical (unpaired) electrons. The summed E-state index contributed by atoms with van der Waals surface area (Å²) in [4.78, 5) is 4.76. The molecule has 6 heteroatoms. The van der Waals surface area contributed by atoms with E-state index in [1.807, 2.05) is 0 Å². The van der Waals surface area contributed by atoms with Gasteiger partial charge in [0.2, 0.25) is 0 Å². The van der Waals surface area contributed by atoms with Crippen LogP contribution >= 0.6 is 0 Å². The fourth-order valence-electron chi connectivity index (χ4n) is 3.58. The largest absolute Gasteiger partial charge is 0.357 e. The van der Waals surface area contributed by atoms with Crippen LogP contribution in [0.25, 0.3) is 0 Å². The predicted molar refractivity (Wildman–Crippen MR) is 115 cm³/mol. The third-order valence-corrected chi connectivity index (χ3v) is 5.50. The summed E-state index contributed by atoms with van der Waals surface area (Å²) < 4.78 is 2.23. The van der Waals surface area contributed by atoms with Gasteiger partial charge in [0.25, 0.3) is 0 Å². The summed E-state index contributed by atoms with van der Waals surface area (Å²) in [5.74, 6) is 2.89. The molecule has 0 aliphatic carbocycles. The molecule has 0 fully saturated rings. The first kappa shape index (κ1) is 20.4. The van der Waals surface area contributed by atoms with Gasteiger partial charge < -0.3 is 15.2 Å². The molecule has 28 heavy (non-hydrogen) atoms. The van der Waals surface area contributed by atoms with Crippen molar-refractivity contribution in [3.05, 3.63) is 47.0 Å². The Hall–Kier alpha value is -2.37. The van der Waals surface area contributed by atoms with Gasteiger partial charge in [0, 0.05) is 31.5 Å². The van der Waals surface area contributed by atoms with Crippen LogP contribution in [0.2, 0.25) is 0 Å². The van der Waals surface area contributed by atoms with Crippen LogP contribution in [-0.2, 0) is 31.3 Å².